The molecule has 0 saturated carbocycles. The van der Waals surface area contributed by atoms with E-state index in [1.54, 1.807) is 0 Å². The van der Waals surface area contributed by atoms with Crippen molar-refractivity contribution >= 4 is 29.2 Å². The molecule has 0 fully saturated rings. The lowest BCUT2D eigenvalue weighted by molar-refractivity contribution is 0.484. The van der Waals surface area contributed by atoms with Crippen LogP contribution in [-0.2, 0) is 0 Å². The number of nitrogens with two attached hydrogens (primary N) is 2. The highest BCUT2D eigenvalue weighted by molar-refractivity contribution is 8.10. The lowest BCUT2D eigenvalue weighted by atomic mass is 11.4. The minimum absolute atomic E-state index is 0.176. The fourth-order valence-electron chi connectivity index (χ4n) is 0. The van der Waals surface area contributed by atoms with Gasteiger partial charge in [-0.2, -0.15) is 0 Å². The fraction of sp³-hybridized carbons (Fsp3) is 0. The van der Waals surface area contributed by atoms with E-state index >= 15 is 0 Å². The number of hydrazine groups is 2. The van der Waals surface area contributed by atoms with Crippen molar-refractivity contribution in [3.05, 3.63) is 0 Å². The van der Waals surface area contributed by atoms with Crippen molar-refractivity contribution in [2.24, 2.45) is 11.7 Å². The van der Waals surface area contributed by atoms with Gasteiger partial charge in [0.1, 0.15) is 0 Å². The molecule has 0 heterocycles. The van der Waals surface area contributed by atoms with Gasteiger partial charge in [0.2, 0.25) is 0 Å². The summed E-state index contributed by atoms with van der Waals surface area (Å²) in [6.07, 6.45) is 0. The van der Waals surface area contributed by atoms with E-state index in [2.05, 4.69) is 24.8 Å². The molecule has 0 radical (unpaired) electrons. The molecule has 0 spiro atoms. The molecule has 0 aliphatic heterocycles. The molecule has 0 rings (SSSR count). The molecular weight excluding hydrogens is 118 g/mol. The molecular formula is CH5N3S2. The maximum Gasteiger partial charge on any atom is 0.163 e. The van der Waals surface area contributed by atoms with E-state index < -0.39 is 0 Å². The predicted molar refractivity (Wildman–Crippen MR) is 31.8 cm³/mol. The van der Waals surface area contributed by atoms with Crippen LogP contribution in [0, 0.1) is 0 Å². The second-order valence-corrected chi connectivity index (χ2v) is 1.80. The van der Waals surface area contributed by atoms with Crippen molar-refractivity contribution in [1.82, 2.24) is 5.12 Å². The molecule has 0 saturated heterocycles. The van der Waals surface area contributed by atoms with Crippen molar-refractivity contribution in [3.8, 4) is 0 Å². The van der Waals surface area contributed by atoms with Gasteiger partial charge in [-0.05, 0) is 12.2 Å². The number of nitrogens with zero attached hydrogens (tertiary/aromatic N) is 1. The smallest absolute Gasteiger partial charge is 0.163 e. The van der Waals surface area contributed by atoms with Gasteiger partial charge in [-0.15, -0.1) is 12.6 Å². The summed E-state index contributed by atoms with van der Waals surface area (Å²) in [6.45, 7) is 0. The summed E-state index contributed by atoms with van der Waals surface area (Å²) in [5.41, 5.74) is 0. The quantitative estimate of drug-likeness (QED) is 0.172. The highest BCUT2D eigenvalue weighted by atomic mass is 32.1. The lowest BCUT2D eigenvalue weighted by Gasteiger charge is -2.04. The normalized spacial score (nSPS) is 7.83. The van der Waals surface area contributed by atoms with Crippen molar-refractivity contribution in [2.45, 2.75) is 0 Å². The van der Waals surface area contributed by atoms with Gasteiger partial charge in [-0.1, -0.05) is 0 Å². The van der Waals surface area contributed by atoms with Crippen LogP contribution in [0.2, 0.25) is 0 Å². The van der Waals surface area contributed by atoms with Gasteiger partial charge in [0, 0.05) is 0 Å². The van der Waals surface area contributed by atoms with Crippen molar-refractivity contribution < 1.29 is 0 Å². The monoisotopic (exact) mass is 123 g/mol. The number of thiol groups is 1. The van der Waals surface area contributed by atoms with Gasteiger partial charge >= 0.3 is 0 Å². The van der Waals surface area contributed by atoms with Gasteiger partial charge in [0.25, 0.3) is 0 Å². The van der Waals surface area contributed by atoms with Gasteiger partial charge in [0.05, 0.1) is 0 Å². The zero-order valence-corrected chi connectivity index (χ0v) is 4.67. The molecule has 0 bridgehead atoms. The lowest BCUT2D eigenvalue weighted by Crippen LogP contribution is -2.39. The summed E-state index contributed by atoms with van der Waals surface area (Å²) in [4.78, 5) is 0. The number of hydrogen-bond donors (Lipinski definition) is 3. The molecule has 5 heteroatoms. The molecule has 4 N–H and O–H groups in total. The molecule has 0 aliphatic carbocycles. The first kappa shape index (κ1) is 6.16. The first-order valence-electron chi connectivity index (χ1n) is 1.17. The van der Waals surface area contributed by atoms with E-state index in [0.717, 1.165) is 5.12 Å². The predicted octanol–water partition coefficient (Wildman–Crippen LogP) is -0.749. The Morgan fingerprint density at radius 3 is 1.83 bits per heavy atom. The first-order valence-corrected chi connectivity index (χ1v) is 2.02. The van der Waals surface area contributed by atoms with Gasteiger partial charge < -0.3 is 0 Å². The molecule has 0 aliphatic rings. The van der Waals surface area contributed by atoms with Crippen LogP contribution in [0.5, 0.6) is 0 Å². The Hall–Kier alpha value is 0.160. The second-order valence-electron chi connectivity index (χ2n) is 0.690. The van der Waals surface area contributed by atoms with E-state index in [-0.39, 0.29) is 4.32 Å². The van der Waals surface area contributed by atoms with Crippen LogP contribution in [0.25, 0.3) is 0 Å². The Morgan fingerprint density at radius 2 is 1.83 bits per heavy atom. The maximum absolute atomic E-state index is 4.83. The third-order valence-electron chi connectivity index (χ3n) is 0.221. The van der Waals surface area contributed by atoms with Crippen LogP contribution < -0.4 is 11.7 Å². The summed E-state index contributed by atoms with van der Waals surface area (Å²) < 4.78 is 0.176. The molecule has 0 aromatic heterocycles. The zero-order valence-electron chi connectivity index (χ0n) is 2.96. The molecule has 0 aromatic carbocycles. The highest BCUT2D eigenvalue weighted by Crippen LogP contribution is 1.78. The summed E-state index contributed by atoms with van der Waals surface area (Å²) in [7, 11) is 0. The molecule has 0 atom stereocenters. The standard InChI is InChI=1S/CH5N3S2/c2-4(3)1(5)6/h2-3H2,(H,5,6). The van der Waals surface area contributed by atoms with E-state index in [4.69, 9.17) is 11.7 Å². The average molecular weight is 123 g/mol. The summed E-state index contributed by atoms with van der Waals surface area (Å²) in [6, 6.07) is 0. The Bertz CT molecular complexity index is 59.8. The van der Waals surface area contributed by atoms with Gasteiger partial charge in [-0.25, -0.2) is 16.8 Å². The zero-order chi connectivity index (χ0) is 5.15. The van der Waals surface area contributed by atoms with Gasteiger partial charge in [-0.3, -0.25) is 0 Å². The highest BCUT2D eigenvalue weighted by Gasteiger charge is 1.84. The Balaban J connectivity index is 3.26. The van der Waals surface area contributed by atoms with Crippen LogP contribution in [-0.4, -0.2) is 9.44 Å². The molecule has 36 valence electrons. The maximum atomic E-state index is 4.83. The summed E-state index contributed by atoms with van der Waals surface area (Å²) >= 11 is 7.96. The van der Waals surface area contributed by atoms with Gasteiger partial charge in [0.15, 0.2) is 4.32 Å². The number of thiocarbonyl (C=S) groups is 1. The molecule has 3 nitrogen and oxygen atoms in total. The Kier molecular flexibility index (Phi) is 2.42. The number of hydrogen-bond acceptors (Lipinski definition) is 3. The third-order valence-corrected chi connectivity index (χ3v) is 0.663. The van der Waals surface area contributed by atoms with Crippen molar-refractivity contribution in [1.29, 1.82) is 0 Å². The van der Waals surface area contributed by atoms with Crippen LogP contribution >= 0.6 is 24.8 Å². The molecule has 6 heavy (non-hydrogen) atoms. The van der Waals surface area contributed by atoms with Crippen LogP contribution in [0.15, 0.2) is 0 Å². The second kappa shape index (κ2) is 2.35. The van der Waals surface area contributed by atoms with Crippen molar-refractivity contribution in [2.75, 3.05) is 0 Å². The van der Waals surface area contributed by atoms with Crippen LogP contribution in [0.3, 0.4) is 0 Å². The fourth-order valence-corrected chi connectivity index (χ4v) is 0. The van der Waals surface area contributed by atoms with E-state index in [1.807, 2.05) is 0 Å². The van der Waals surface area contributed by atoms with E-state index in [0.29, 0.717) is 0 Å². The third kappa shape index (κ3) is 2.40. The van der Waals surface area contributed by atoms with Crippen molar-refractivity contribution in [3.63, 3.8) is 0 Å². The minimum atomic E-state index is 0.176. The largest absolute Gasteiger partial charge is 0.232 e. The first-order chi connectivity index (χ1) is 2.64. The molecule has 0 amide bonds. The molecule has 0 aromatic rings. The Labute approximate surface area is 46.6 Å². The SMILES string of the molecule is NN(N)C(=S)S. The average Bonchev–Trinajstić information content (AvgIpc) is 1.36. The Morgan fingerprint density at radius 1 is 1.67 bits per heavy atom. The topological polar surface area (TPSA) is 55.3 Å². The summed E-state index contributed by atoms with van der Waals surface area (Å²) in [5.74, 6) is 9.66. The van der Waals surface area contributed by atoms with E-state index in [9.17, 15) is 0 Å². The van der Waals surface area contributed by atoms with Crippen LogP contribution in [0.4, 0.5) is 0 Å². The van der Waals surface area contributed by atoms with Crippen LogP contribution in [0.1, 0.15) is 0 Å². The minimum Gasteiger partial charge on any atom is -0.232 e. The van der Waals surface area contributed by atoms with E-state index in [1.165, 1.54) is 0 Å². The number of rotatable bonds is 0. The summed E-state index contributed by atoms with van der Waals surface area (Å²) in [5, 5.41) is 0.762. The molecule has 0 unspecified atom stereocenters.